The molecule has 1 fully saturated rings. The normalized spacial score (nSPS) is 17.6. The van der Waals surface area contributed by atoms with Gasteiger partial charge in [0.1, 0.15) is 17.4 Å². The van der Waals surface area contributed by atoms with Crippen LogP contribution in [-0.2, 0) is 24.8 Å². The molecule has 3 aromatic carbocycles. The lowest BCUT2D eigenvalue weighted by molar-refractivity contribution is -0.141. The van der Waals surface area contributed by atoms with E-state index in [1.807, 2.05) is 54.9 Å². The molecule has 12 heteroatoms. The Hall–Kier alpha value is -5.18. The highest BCUT2D eigenvalue weighted by atomic mass is 35.5. The summed E-state index contributed by atoms with van der Waals surface area (Å²) in [4.78, 5) is 36.2. The quantitative estimate of drug-likeness (QED) is 0.174. The highest BCUT2D eigenvalue weighted by Gasteiger charge is 2.29. The van der Waals surface area contributed by atoms with Crippen molar-refractivity contribution in [3.63, 3.8) is 0 Å². The molecule has 7 rings (SSSR count). The molecule has 5 aromatic rings. The number of nitrogens with one attached hydrogen (secondary N) is 2. The van der Waals surface area contributed by atoms with Gasteiger partial charge in [-0.15, -0.1) is 0 Å². The van der Waals surface area contributed by atoms with Crippen LogP contribution in [0.25, 0.3) is 33.7 Å². The number of halogens is 1. The molecular weight excluding hydrogens is 630 g/mol. The number of hydrogen-bond donors (Lipinski definition) is 3. The zero-order chi connectivity index (χ0) is 33.7. The van der Waals surface area contributed by atoms with Gasteiger partial charge in [-0.2, -0.15) is 5.26 Å². The average molecular weight is 664 g/mol. The van der Waals surface area contributed by atoms with Gasteiger partial charge in [0, 0.05) is 37.3 Å². The van der Waals surface area contributed by atoms with Crippen molar-refractivity contribution in [1.82, 2.24) is 19.4 Å². The van der Waals surface area contributed by atoms with Crippen LogP contribution in [0.5, 0.6) is 0 Å². The highest BCUT2D eigenvalue weighted by Crippen LogP contribution is 2.39. The molecule has 1 amide bonds. The molecule has 2 aromatic heterocycles. The molecular formula is C36H34ClN7O4. The Kier molecular flexibility index (Phi) is 8.15. The van der Waals surface area contributed by atoms with E-state index in [9.17, 15) is 20.0 Å². The van der Waals surface area contributed by atoms with E-state index in [1.165, 1.54) is 0 Å². The number of rotatable bonds is 7. The zero-order valence-corrected chi connectivity index (χ0v) is 27.6. The number of fused-ring (bicyclic) bond motifs is 2. The van der Waals surface area contributed by atoms with Gasteiger partial charge in [-0.1, -0.05) is 35.9 Å². The van der Waals surface area contributed by atoms with Gasteiger partial charge in [-0.05, 0) is 80.6 Å². The molecule has 1 saturated heterocycles. The van der Waals surface area contributed by atoms with Crippen molar-refractivity contribution in [3.05, 3.63) is 81.8 Å². The van der Waals surface area contributed by atoms with Crippen LogP contribution < -0.4 is 10.6 Å². The minimum atomic E-state index is -0.780. The van der Waals surface area contributed by atoms with Crippen molar-refractivity contribution in [2.45, 2.75) is 45.7 Å². The van der Waals surface area contributed by atoms with E-state index in [0.29, 0.717) is 71.2 Å². The minimum Gasteiger partial charge on any atom is -0.481 e. The fourth-order valence-corrected chi connectivity index (χ4v) is 7.06. The second kappa shape index (κ2) is 12.4. The van der Waals surface area contributed by atoms with E-state index in [-0.39, 0.29) is 11.8 Å². The minimum absolute atomic E-state index is 0.296. The number of hydrogen-bond acceptors (Lipinski definition) is 8. The monoisotopic (exact) mass is 663 g/mol. The number of carboxylic acids is 1. The number of carboxylic acid groups (broad SMARTS) is 1. The van der Waals surface area contributed by atoms with Gasteiger partial charge < -0.3 is 24.7 Å². The number of aromatic nitrogens is 3. The van der Waals surface area contributed by atoms with Crippen LogP contribution in [-0.4, -0.2) is 55.5 Å². The topological polar surface area (TPSA) is 149 Å². The SMILES string of the molecule is Cc1c(-c2nc3cc(CN4CCC(C(=O)O)C4)cc(C#N)c3o2)cccc1-c1cccc(NC(=O)c2nc3c(n2C)CCC(C)N3)c1Cl. The molecule has 3 N–H and O–H groups in total. The number of amides is 1. The highest BCUT2D eigenvalue weighted by molar-refractivity contribution is 6.36. The van der Waals surface area contributed by atoms with Crippen molar-refractivity contribution in [2.24, 2.45) is 13.0 Å². The summed E-state index contributed by atoms with van der Waals surface area (Å²) >= 11 is 6.96. The largest absolute Gasteiger partial charge is 0.481 e. The Bertz CT molecular complexity index is 2150. The molecule has 244 valence electrons. The van der Waals surface area contributed by atoms with Gasteiger partial charge in [-0.3, -0.25) is 14.5 Å². The number of oxazole rings is 1. The second-order valence-corrected chi connectivity index (χ2v) is 13.0. The second-order valence-electron chi connectivity index (χ2n) is 12.7. The third kappa shape index (κ3) is 5.67. The first-order valence-corrected chi connectivity index (χ1v) is 16.3. The van der Waals surface area contributed by atoms with Crippen LogP contribution in [0, 0.1) is 24.2 Å². The van der Waals surface area contributed by atoms with Crippen LogP contribution in [0.4, 0.5) is 11.5 Å². The maximum absolute atomic E-state index is 13.4. The summed E-state index contributed by atoms with van der Waals surface area (Å²) < 4.78 is 8.03. The molecule has 2 aliphatic rings. The fraction of sp³-hybridized carbons (Fsp3) is 0.306. The summed E-state index contributed by atoms with van der Waals surface area (Å²) in [7, 11) is 1.85. The van der Waals surface area contributed by atoms with E-state index in [1.54, 1.807) is 12.1 Å². The number of imidazole rings is 1. The molecule has 48 heavy (non-hydrogen) atoms. The van der Waals surface area contributed by atoms with Crippen molar-refractivity contribution < 1.29 is 19.1 Å². The number of nitriles is 1. The molecule has 11 nitrogen and oxygen atoms in total. The van der Waals surface area contributed by atoms with E-state index < -0.39 is 5.97 Å². The van der Waals surface area contributed by atoms with E-state index in [2.05, 4.69) is 33.5 Å². The molecule has 0 bridgehead atoms. The first-order chi connectivity index (χ1) is 23.1. The summed E-state index contributed by atoms with van der Waals surface area (Å²) in [5, 5.41) is 26.0. The maximum atomic E-state index is 13.4. The van der Waals surface area contributed by atoms with Crippen molar-refractivity contribution in [1.29, 1.82) is 5.26 Å². The van der Waals surface area contributed by atoms with Crippen molar-refractivity contribution >= 4 is 46.1 Å². The first kappa shape index (κ1) is 31.4. The third-order valence-electron chi connectivity index (χ3n) is 9.41. The number of carbonyl (C=O) groups excluding carboxylic acids is 1. The van der Waals surface area contributed by atoms with Gasteiger partial charge >= 0.3 is 5.97 Å². The lowest BCUT2D eigenvalue weighted by atomic mass is 9.96. The van der Waals surface area contributed by atoms with Crippen LogP contribution in [0.15, 0.2) is 52.9 Å². The lowest BCUT2D eigenvalue weighted by Gasteiger charge is -2.20. The van der Waals surface area contributed by atoms with Gasteiger partial charge in [0.2, 0.25) is 11.7 Å². The number of anilines is 2. The lowest BCUT2D eigenvalue weighted by Crippen LogP contribution is -2.22. The third-order valence-corrected chi connectivity index (χ3v) is 9.82. The number of aliphatic carboxylic acids is 1. The molecule has 2 aliphatic heterocycles. The van der Waals surface area contributed by atoms with Crippen LogP contribution in [0.2, 0.25) is 5.02 Å². The predicted molar refractivity (Wildman–Crippen MR) is 183 cm³/mol. The van der Waals surface area contributed by atoms with E-state index in [0.717, 1.165) is 52.2 Å². The van der Waals surface area contributed by atoms with Crippen molar-refractivity contribution in [3.8, 4) is 28.7 Å². The Balaban J connectivity index is 1.17. The van der Waals surface area contributed by atoms with Gasteiger partial charge in [0.25, 0.3) is 5.91 Å². The summed E-state index contributed by atoms with van der Waals surface area (Å²) in [5.41, 5.74) is 6.83. The molecule has 0 aliphatic carbocycles. The van der Waals surface area contributed by atoms with E-state index >= 15 is 0 Å². The summed E-state index contributed by atoms with van der Waals surface area (Å²) in [6.07, 6.45) is 2.42. The summed E-state index contributed by atoms with van der Waals surface area (Å²) in [6.45, 7) is 5.73. The van der Waals surface area contributed by atoms with Crippen LogP contribution in [0.3, 0.4) is 0 Å². The average Bonchev–Trinajstić information content (AvgIpc) is 3.79. The molecule has 0 spiro atoms. The van der Waals surface area contributed by atoms with Gasteiger partial charge in [-0.25, -0.2) is 9.97 Å². The Labute approximate surface area is 282 Å². The Morgan fingerprint density at radius 2 is 1.92 bits per heavy atom. The number of nitrogens with zero attached hydrogens (tertiary/aromatic N) is 5. The molecule has 2 atom stereocenters. The van der Waals surface area contributed by atoms with Crippen molar-refractivity contribution in [2.75, 3.05) is 23.7 Å². The Morgan fingerprint density at radius 1 is 1.15 bits per heavy atom. The number of carbonyl (C=O) groups is 2. The zero-order valence-electron chi connectivity index (χ0n) is 26.8. The fourth-order valence-electron chi connectivity index (χ4n) is 6.79. The first-order valence-electron chi connectivity index (χ1n) is 15.9. The molecule has 0 radical (unpaired) electrons. The standard InChI is InChI=1S/C36H34ClN7O4/c1-19-10-11-29-32(39-19)42-33(43(29)3)34(45)40-27-9-5-8-26(30(27)37)24-6-4-7-25(20(24)2)35-41-28-15-21(14-23(16-38)31(28)48-35)17-44-13-12-22(18-44)36(46)47/h4-9,14-15,19,22,39H,10-13,17-18H2,1-3H3,(H,40,45)(H,46,47). The van der Waals surface area contributed by atoms with Gasteiger partial charge in [0.05, 0.1) is 27.9 Å². The number of likely N-dealkylation sites (tertiary alicyclic amines) is 1. The molecule has 4 heterocycles. The molecule has 2 unspecified atom stereocenters. The van der Waals surface area contributed by atoms with E-state index in [4.69, 9.17) is 21.0 Å². The Morgan fingerprint density at radius 3 is 2.69 bits per heavy atom. The van der Waals surface area contributed by atoms with Crippen LogP contribution >= 0.6 is 11.6 Å². The molecule has 0 saturated carbocycles. The summed E-state index contributed by atoms with van der Waals surface area (Å²) in [6, 6.07) is 17.5. The smallest absolute Gasteiger partial charge is 0.307 e. The van der Waals surface area contributed by atoms with Gasteiger partial charge in [0.15, 0.2) is 5.58 Å². The van der Waals surface area contributed by atoms with Crippen LogP contribution in [0.1, 0.15) is 52.8 Å². The summed E-state index contributed by atoms with van der Waals surface area (Å²) in [5.74, 6) is -0.0922. The maximum Gasteiger partial charge on any atom is 0.307 e. The number of benzene rings is 3. The predicted octanol–water partition coefficient (Wildman–Crippen LogP) is 6.63.